The van der Waals surface area contributed by atoms with Gasteiger partial charge in [-0.1, -0.05) is 48.0 Å². The number of sulfonamides is 1. The van der Waals surface area contributed by atoms with Gasteiger partial charge in [-0.25, -0.2) is 13.4 Å². The molecule has 0 bridgehead atoms. The van der Waals surface area contributed by atoms with E-state index >= 15 is 0 Å². The minimum atomic E-state index is -3.48. The SMILES string of the molecule is CSC1=NC2(CCN(S(=O)(=O)c3ccc(C)cc3)CC2)N=C1c1ccccc1. The van der Waals surface area contributed by atoms with Gasteiger partial charge in [0, 0.05) is 31.5 Å². The average Bonchev–Trinajstić information content (AvgIpc) is 3.07. The van der Waals surface area contributed by atoms with Crippen molar-refractivity contribution in [3.63, 3.8) is 0 Å². The van der Waals surface area contributed by atoms with E-state index in [2.05, 4.69) is 0 Å². The molecule has 4 rings (SSSR count). The van der Waals surface area contributed by atoms with Gasteiger partial charge in [-0.2, -0.15) is 4.31 Å². The largest absolute Gasteiger partial charge is 0.252 e. The monoisotopic (exact) mass is 413 g/mol. The molecule has 0 radical (unpaired) electrons. The second-order valence-electron chi connectivity index (χ2n) is 7.15. The summed E-state index contributed by atoms with van der Waals surface area (Å²) in [5, 5.41) is 0.932. The molecule has 1 saturated heterocycles. The standard InChI is InChI=1S/C21H23N3O2S2/c1-16-8-10-18(11-9-16)28(25,26)24-14-12-21(13-15-24)22-19(20(23-21)27-2)17-6-4-3-5-7-17/h3-11H,12-15H2,1-2H3. The fourth-order valence-corrected chi connectivity index (χ4v) is 5.68. The summed E-state index contributed by atoms with van der Waals surface area (Å²) in [5.74, 6) is 0. The highest BCUT2D eigenvalue weighted by Crippen LogP contribution is 2.36. The summed E-state index contributed by atoms with van der Waals surface area (Å²) in [7, 11) is -3.48. The van der Waals surface area contributed by atoms with Crippen LogP contribution in [0.3, 0.4) is 0 Å². The molecule has 2 aliphatic rings. The van der Waals surface area contributed by atoms with Gasteiger partial charge in [-0.15, -0.1) is 11.8 Å². The highest BCUT2D eigenvalue weighted by molar-refractivity contribution is 8.15. The van der Waals surface area contributed by atoms with Gasteiger partial charge in [-0.3, -0.25) is 4.99 Å². The lowest BCUT2D eigenvalue weighted by Crippen LogP contribution is -2.44. The molecule has 146 valence electrons. The molecular formula is C21H23N3O2S2. The Morgan fingerprint density at radius 1 is 0.964 bits per heavy atom. The van der Waals surface area contributed by atoms with E-state index in [1.807, 2.05) is 55.6 Å². The van der Waals surface area contributed by atoms with Gasteiger partial charge in [-0.05, 0) is 25.3 Å². The van der Waals surface area contributed by atoms with Crippen molar-refractivity contribution in [3.8, 4) is 0 Å². The molecule has 1 fully saturated rings. The summed E-state index contributed by atoms with van der Waals surface area (Å²) in [6.45, 7) is 2.80. The van der Waals surface area contributed by atoms with Crippen LogP contribution in [0, 0.1) is 6.92 Å². The van der Waals surface area contributed by atoms with Crippen molar-refractivity contribution < 1.29 is 8.42 Å². The first-order valence-electron chi connectivity index (χ1n) is 9.30. The number of aliphatic imine (C=N–C) groups is 2. The molecular weight excluding hydrogens is 390 g/mol. The highest BCUT2D eigenvalue weighted by atomic mass is 32.2. The van der Waals surface area contributed by atoms with Crippen LogP contribution in [0.5, 0.6) is 0 Å². The maximum absolute atomic E-state index is 13.0. The Bertz CT molecular complexity index is 1020. The van der Waals surface area contributed by atoms with E-state index in [0.717, 1.165) is 21.9 Å². The Morgan fingerprint density at radius 3 is 2.21 bits per heavy atom. The molecule has 0 atom stereocenters. The minimum absolute atomic E-state index is 0.349. The van der Waals surface area contributed by atoms with E-state index in [4.69, 9.17) is 9.98 Å². The van der Waals surface area contributed by atoms with Crippen LogP contribution >= 0.6 is 11.8 Å². The van der Waals surface area contributed by atoms with Crippen molar-refractivity contribution in [1.82, 2.24) is 4.31 Å². The number of benzene rings is 2. The molecule has 1 spiro atoms. The second-order valence-corrected chi connectivity index (χ2v) is 9.88. The van der Waals surface area contributed by atoms with Crippen LogP contribution in [0.2, 0.25) is 0 Å². The molecule has 5 nitrogen and oxygen atoms in total. The summed E-state index contributed by atoms with van der Waals surface area (Å²) in [4.78, 5) is 10.2. The van der Waals surface area contributed by atoms with Crippen LogP contribution < -0.4 is 0 Å². The molecule has 2 aliphatic heterocycles. The molecule has 2 aromatic rings. The molecule has 0 saturated carbocycles. The first kappa shape index (κ1) is 19.4. The second kappa shape index (κ2) is 7.46. The van der Waals surface area contributed by atoms with Gasteiger partial charge in [0.1, 0.15) is 5.04 Å². The van der Waals surface area contributed by atoms with Gasteiger partial charge < -0.3 is 0 Å². The smallest absolute Gasteiger partial charge is 0.243 e. The summed E-state index contributed by atoms with van der Waals surface area (Å²) in [6, 6.07) is 17.1. The number of thioether (sulfide) groups is 1. The van der Waals surface area contributed by atoms with E-state index in [1.54, 1.807) is 28.2 Å². The fourth-order valence-electron chi connectivity index (χ4n) is 3.62. The zero-order valence-electron chi connectivity index (χ0n) is 16.0. The Morgan fingerprint density at radius 2 is 1.61 bits per heavy atom. The summed E-state index contributed by atoms with van der Waals surface area (Å²) in [5.41, 5.74) is 2.48. The van der Waals surface area contributed by atoms with Crippen LogP contribution in [-0.2, 0) is 10.0 Å². The third-order valence-corrected chi connectivity index (χ3v) is 7.84. The quantitative estimate of drug-likeness (QED) is 0.770. The third kappa shape index (κ3) is 3.54. The van der Waals surface area contributed by atoms with Crippen LogP contribution in [0.25, 0.3) is 0 Å². The number of aryl methyl sites for hydroxylation is 1. The lowest BCUT2D eigenvalue weighted by molar-refractivity contribution is 0.249. The molecule has 2 heterocycles. The number of nitrogens with zero attached hydrogens (tertiary/aromatic N) is 3. The zero-order chi connectivity index (χ0) is 19.8. The Kier molecular flexibility index (Phi) is 5.16. The van der Waals surface area contributed by atoms with Crippen LogP contribution in [0.4, 0.5) is 0 Å². The molecule has 0 N–H and O–H groups in total. The normalized spacial score (nSPS) is 19.5. The summed E-state index contributed by atoms with van der Waals surface area (Å²) in [6.07, 6.45) is 3.20. The first-order chi connectivity index (χ1) is 13.4. The molecule has 0 aliphatic carbocycles. The van der Waals surface area contributed by atoms with Gasteiger partial charge in [0.15, 0.2) is 5.66 Å². The predicted octanol–water partition coefficient (Wildman–Crippen LogP) is 3.74. The molecule has 2 aromatic carbocycles. The Balaban J connectivity index is 1.56. The topological polar surface area (TPSA) is 62.1 Å². The van der Waals surface area contributed by atoms with Gasteiger partial charge >= 0.3 is 0 Å². The van der Waals surface area contributed by atoms with Gasteiger partial charge in [0.05, 0.1) is 10.6 Å². The highest BCUT2D eigenvalue weighted by Gasteiger charge is 2.42. The van der Waals surface area contributed by atoms with E-state index < -0.39 is 15.7 Å². The van der Waals surface area contributed by atoms with E-state index in [-0.39, 0.29) is 0 Å². The number of rotatable bonds is 3. The van der Waals surface area contributed by atoms with Crippen molar-refractivity contribution in [3.05, 3.63) is 65.7 Å². The third-order valence-electron chi connectivity index (χ3n) is 5.25. The van der Waals surface area contributed by atoms with E-state index in [1.165, 1.54) is 0 Å². The molecule has 0 unspecified atom stereocenters. The average molecular weight is 414 g/mol. The molecule has 28 heavy (non-hydrogen) atoms. The van der Waals surface area contributed by atoms with Crippen molar-refractivity contribution in [2.75, 3.05) is 19.3 Å². The van der Waals surface area contributed by atoms with Crippen LogP contribution in [0.15, 0.2) is 69.5 Å². The van der Waals surface area contributed by atoms with Crippen molar-refractivity contribution in [2.45, 2.75) is 30.3 Å². The maximum atomic E-state index is 13.0. The van der Waals surface area contributed by atoms with Crippen molar-refractivity contribution in [2.24, 2.45) is 9.98 Å². The van der Waals surface area contributed by atoms with E-state index in [9.17, 15) is 8.42 Å². The predicted molar refractivity (Wildman–Crippen MR) is 116 cm³/mol. The van der Waals surface area contributed by atoms with Crippen LogP contribution in [-0.4, -0.2) is 48.5 Å². The Hall–Kier alpha value is -1.96. The fraction of sp³-hybridized carbons (Fsp3) is 0.333. The summed E-state index contributed by atoms with van der Waals surface area (Å²) < 4.78 is 27.5. The molecule has 0 aromatic heterocycles. The lowest BCUT2D eigenvalue weighted by Gasteiger charge is -2.34. The number of hydrogen-bond donors (Lipinski definition) is 0. The molecule has 0 amide bonds. The summed E-state index contributed by atoms with van der Waals surface area (Å²) >= 11 is 1.59. The molecule has 7 heteroatoms. The van der Waals surface area contributed by atoms with Crippen molar-refractivity contribution in [1.29, 1.82) is 0 Å². The Labute approximate surface area is 170 Å². The van der Waals surface area contributed by atoms with Gasteiger partial charge in [0.2, 0.25) is 10.0 Å². The number of piperidine rings is 1. The first-order valence-corrected chi connectivity index (χ1v) is 12.0. The van der Waals surface area contributed by atoms with Crippen LogP contribution in [0.1, 0.15) is 24.0 Å². The maximum Gasteiger partial charge on any atom is 0.243 e. The zero-order valence-corrected chi connectivity index (χ0v) is 17.6. The number of hydrogen-bond acceptors (Lipinski definition) is 5. The minimum Gasteiger partial charge on any atom is -0.252 e. The van der Waals surface area contributed by atoms with E-state index in [0.29, 0.717) is 30.8 Å². The van der Waals surface area contributed by atoms with Crippen molar-refractivity contribution >= 4 is 32.5 Å². The van der Waals surface area contributed by atoms with Gasteiger partial charge in [0.25, 0.3) is 0 Å². The lowest BCUT2D eigenvalue weighted by atomic mass is 10.00.